The molecule has 0 spiro atoms. The van der Waals surface area contributed by atoms with Crippen LogP contribution in [0.1, 0.15) is 21.5 Å². The van der Waals surface area contributed by atoms with Crippen LogP contribution in [0.25, 0.3) is 0 Å². The van der Waals surface area contributed by atoms with Gasteiger partial charge in [-0.2, -0.15) is 0 Å². The normalized spacial score (nSPS) is 12.8. The predicted octanol–water partition coefficient (Wildman–Crippen LogP) is 3.07. The number of hydrogen-bond donors (Lipinski definition) is 2. The molecule has 4 rings (SSSR count). The van der Waals surface area contributed by atoms with E-state index < -0.39 is 6.04 Å². The number of carbonyl (C=O) groups excluding carboxylic acids is 2. The van der Waals surface area contributed by atoms with Crippen molar-refractivity contribution in [2.24, 2.45) is 0 Å². The molecule has 1 heterocycles. The molecule has 1 aliphatic rings. The van der Waals surface area contributed by atoms with Gasteiger partial charge >= 0.3 is 0 Å². The first-order chi connectivity index (χ1) is 14.7. The minimum absolute atomic E-state index is 0.204. The Morgan fingerprint density at radius 2 is 1.53 bits per heavy atom. The molecule has 2 N–H and O–H groups in total. The fourth-order valence-corrected chi connectivity index (χ4v) is 3.25. The van der Waals surface area contributed by atoms with Gasteiger partial charge in [0.1, 0.15) is 6.04 Å². The zero-order valence-corrected chi connectivity index (χ0v) is 16.3. The lowest BCUT2D eigenvalue weighted by Crippen LogP contribution is -2.47. The van der Waals surface area contributed by atoms with Crippen LogP contribution in [-0.2, 0) is 17.8 Å². The quantitative estimate of drug-likeness (QED) is 0.637. The van der Waals surface area contributed by atoms with Crippen molar-refractivity contribution in [2.75, 3.05) is 6.79 Å². The van der Waals surface area contributed by atoms with E-state index in [4.69, 9.17) is 9.47 Å². The number of nitrogens with one attached hydrogen (secondary N) is 2. The second kappa shape index (κ2) is 9.13. The Hall–Kier alpha value is -3.80. The van der Waals surface area contributed by atoms with Gasteiger partial charge in [0.2, 0.25) is 12.7 Å². The Morgan fingerprint density at radius 3 is 2.30 bits per heavy atom. The Labute approximate surface area is 174 Å². The lowest BCUT2D eigenvalue weighted by atomic mass is 10.0. The number of fused-ring (bicyclic) bond motifs is 1. The first-order valence-corrected chi connectivity index (χ1v) is 9.75. The predicted molar refractivity (Wildman–Crippen MR) is 112 cm³/mol. The highest BCUT2D eigenvalue weighted by atomic mass is 16.7. The second-order valence-electron chi connectivity index (χ2n) is 6.99. The molecular formula is C24H22N2O4. The maximum absolute atomic E-state index is 12.9. The molecule has 30 heavy (non-hydrogen) atoms. The van der Waals surface area contributed by atoms with Gasteiger partial charge in [0.25, 0.3) is 5.91 Å². The van der Waals surface area contributed by atoms with Crippen LogP contribution >= 0.6 is 0 Å². The Bertz CT molecular complexity index is 1020. The van der Waals surface area contributed by atoms with E-state index in [1.165, 1.54) is 0 Å². The average molecular weight is 402 g/mol. The molecule has 0 saturated heterocycles. The summed E-state index contributed by atoms with van der Waals surface area (Å²) in [6.07, 6.45) is 0.395. The number of ether oxygens (including phenoxy) is 2. The van der Waals surface area contributed by atoms with Gasteiger partial charge in [-0.3, -0.25) is 9.59 Å². The van der Waals surface area contributed by atoms with Crippen molar-refractivity contribution < 1.29 is 19.1 Å². The lowest BCUT2D eigenvalue weighted by molar-refractivity contribution is -0.123. The van der Waals surface area contributed by atoms with Crippen molar-refractivity contribution in [3.05, 3.63) is 95.6 Å². The number of hydrogen-bond acceptors (Lipinski definition) is 4. The highest BCUT2D eigenvalue weighted by Crippen LogP contribution is 2.32. The summed E-state index contributed by atoms with van der Waals surface area (Å²) in [6.45, 7) is 0.526. The third-order valence-corrected chi connectivity index (χ3v) is 4.84. The molecule has 3 aromatic carbocycles. The molecule has 0 bridgehead atoms. The van der Waals surface area contributed by atoms with E-state index in [0.29, 0.717) is 30.0 Å². The zero-order valence-electron chi connectivity index (χ0n) is 16.3. The van der Waals surface area contributed by atoms with Gasteiger partial charge in [-0.15, -0.1) is 0 Å². The summed E-state index contributed by atoms with van der Waals surface area (Å²) in [6, 6.07) is 23.3. The maximum atomic E-state index is 12.9. The van der Waals surface area contributed by atoms with Gasteiger partial charge < -0.3 is 20.1 Å². The number of benzene rings is 3. The van der Waals surface area contributed by atoms with Crippen LogP contribution < -0.4 is 20.1 Å². The van der Waals surface area contributed by atoms with E-state index in [2.05, 4.69) is 10.6 Å². The highest BCUT2D eigenvalue weighted by Gasteiger charge is 2.22. The van der Waals surface area contributed by atoms with E-state index in [1.54, 1.807) is 24.3 Å². The largest absolute Gasteiger partial charge is 0.454 e. The van der Waals surface area contributed by atoms with E-state index in [1.807, 2.05) is 54.6 Å². The van der Waals surface area contributed by atoms with Crippen molar-refractivity contribution >= 4 is 11.8 Å². The molecule has 6 heteroatoms. The van der Waals surface area contributed by atoms with Crippen LogP contribution in [0.5, 0.6) is 11.5 Å². The monoisotopic (exact) mass is 402 g/mol. The molecule has 152 valence electrons. The van der Waals surface area contributed by atoms with Gasteiger partial charge in [0.15, 0.2) is 11.5 Å². The fourth-order valence-electron chi connectivity index (χ4n) is 3.25. The number of carbonyl (C=O) groups is 2. The summed E-state index contributed by atoms with van der Waals surface area (Å²) in [5.41, 5.74) is 2.37. The molecule has 0 aromatic heterocycles. The molecule has 3 aromatic rings. The van der Waals surface area contributed by atoms with Gasteiger partial charge in [-0.1, -0.05) is 54.6 Å². The summed E-state index contributed by atoms with van der Waals surface area (Å²) in [4.78, 5) is 25.6. The Balaban J connectivity index is 1.45. The molecule has 0 saturated carbocycles. The molecule has 0 radical (unpaired) electrons. The fraction of sp³-hybridized carbons (Fsp3) is 0.167. The van der Waals surface area contributed by atoms with Crippen molar-refractivity contribution in [3.63, 3.8) is 0 Å². The SMILES string of the molecule is O=C(N[C@H](Cc1ccccc1)C(=O)NCc1ccc2c(c1)OCO2)c1ccccc1. The van der Waals surface area contributed by atoms with Crippen molar-refractivity contribution in [2.45, 2.75) is 19.0 Å². The van der Waals surface area contributed by atoms with Gasteiger partial charge in [-0.05, 0) is 35.4 Å². The molecular weight excluding hydrogens is 380 g/mol. The topological polar surface area (TPSA) is 76.7 Å². The second-order valence-corrected chi connectivity index (χ2v) is 6.99. The summed E-state index contributed by atoms with van der Waals surface area (Å²) >= 11 is 0. The third-order valence-electron chi connectivity index (χ3n) is 4.84. The summed E-state index contributed by atoms with van der Waals surface area (Å²) in [5, 5.41) is 5.78. The molecule has 0 unspecified atom stereocenters. The highest BCUT2D eigenvalue weighted by molar-refractivity contribution is 5.97. The van der Waals surface area contributed by atoms with Gasteiger partial charge in [-0.25, -0.2) is 0 Å². The van der Waals surface area contributed by atoms with Crippen molar-refractivity contribution in [1.29, 1.82) is 0 Å². The first kappa shape index (κ1) is 19.5. The Morgan fingerprint density at radius 1 is 0.833 bits per heavy atom. The van der Waals surface area contributed by atoms with Crippen LogP contribution in [0, 0.1) is 0 Å². The van der Waals surface area contributed by atoms with Crippen molar-refractivity contribution in [3.8, 4) is 11.5 Å². The van der Waals surface area contributed by atoms with E-state index >= 15 is 0 Å². The van der Waals surface area contributed by atoms with Gasteiger partial charge in [0.05, 0.1) is 0 Å². The summed E-state index contributed by atoms with van der Waals surface area (Å²) < 4.78 is 10.7. The minimum Gasteiger partial charge on any atom is -0.454 e. The molecule has 1 aliphatic heterocycles. The molecule has 0 aliphatic carbocycles. The molecule has 1 atom stereocenters. The standard InChI is InChI=1S/C24H22N2O4/c27-23(19-9-5-2-6-10-19)26-20(13-17-7-3-1-4-8-17)24(28)25-15-18-11-12-21-22(14-18)30-16-29-21/h1-12,14,20H,13,15-16H2,(H,25,28)(H,26,27)/t20-/m1/s1. The van der Waals surface area contributed by atoms with Crippen LogP contribution in [0.4, 0.5) is 0 Å². The zero-order chi connectivity index (χ0) is 20.8. The Kier molecular flexibility index (Phi) is 5.94. The maximum Gasteiger partial charge on any atom is 0.251 e. The third kappa shape index (κ3) is 4.78. The van der Waals surface area contributed by atoms with Crippen LogP contribution in [-0.4, -0.2) is 24.6 Å². The van der Waals surface area contributed by atoms with E-state index in [9.17, 15) is 9.59 Å². The number of rotatable bonds is 7. The molecule has 2 amide bonds. The van der Waals surface area contributed by atoms with Crippen molar-refractivity contribution in [1.82, 2.24) is 10.6 Å². The minimum atomic E-state index is -0.700. The van der Waals surface area contributed by atoms with E-state index in [-0.39, 0.29) is 18.6 Å². The van der Waals surface area contributed by atoms with Gasteiger partial charge in [0, 0.05) is 18.5 Å². The van der Waals surface area contributed by atoms with Crippen LogP contribution in [0.3, 0.4) is 0 Å². The van der Waals surface area contributed by atoms with E-state index in [0.717, 1.165) is 11.1 Å². The summed E-state index contributed by atoms with van der Waals surface area (Å²) in [5.74, 6) is 0.831. The average Bonchev–Trinajstić information content (AvgIpc) is 3.26. The van der Waals surface area contributed by atoms with Crippen LogP contribution in [0.15, 0.2) is 78.9 Å². The van der Waals surface area contributed by atoms with Crippen LogP contribution in [0.2, 0.25) is 0 Å². The molecule has 0 fully saturated rings. The number of amides is 2. The lowest BCUT2D eigenvalue weighted by Gasteiger charge is -2.19. The molecule has 6 nitrogen and oxygen atoms in total. The smallest absolute Gasteiger partial charge is 0.251 e. The summed E-state index contributed by atoms with van der Waals surface area (Å²) in [7, 11) is 0. The first-order valence-electron chi connectivity index (χ1n) is 9.75.